The molecule has 0 bridgehead atoms. The summed E-state index contributed by atoms with van der Waals surface area (Å²) >= 11 is 0. The predicted octanol–water partition coefficient (Wildman–Crippen LogP) is 2.22. The van der Waals surface area contributed by atoms with Gasteiger partial charge in [0.1, 0.15) is 0 Å². The summed E-state index contributed by atoms with van der Waals surface area (Å²) in [6.45, 7) is 1.86. The normalized spacial score (nSPS) is 11.6. The first-order valence-electron chi connectivity index (χ1n) is 8.01. The monoisotopic (exact) mass is 350 g/mol. The lowest BCUT2D eigenvalue weighted by atomic mass is 10.1. The molecule has 0 fully saturated rings. The summed E-state index contributed by atoms with van der Waals surface area (Å²) in [5.41, 5.74) is 2.40. The maximum atomic E-state index is 12.6. The number of nitrogens with one attached hydrogen (secondary N) is 1. The zero-order chi connectivity index (χ0) is 18.5. The molecule has 0 aliphatic rings. The van der Waals surface area contributed by atoms with E-state index in [1.807, 2.05) is 37.3 Å². The second-order valence-electron chi connectivity index (χ2n) is 5.63. The van der Waals surface area contributed by atoms with Crippen LogP contribution in [0.4, 0.5) is 0 Å². The summed E-state index contributed by atoms with van der Waals surface area (Å²) in [5.74, 6) is -1.05. The fraction of sp³-hybridized carbons (Fsp3) is 0.158. The van der Waals surface area contributed by atoms with Gasteiger partial charge in [-0.3, -0.25) is 9.78 Å². The second-order valence-corrected chi connectivity index (χ2v) is 5.63. The standard InChI is InChI=1S/C19H18N4O3/c1-13-11-16(22-23(13)15-8-4-3-5-9-15)18(24)21-17(19(25)26-2)14-7-6-10-20-12-14/h3-12,17H,1-2H3,(H,21,24). The van der Waals surface area contributed by atoms with Crippen molar-refractivity contribution in [1.82, 2.24) is 20.1 Å². The molecule has 0 saturated carbocycles. The molecular weight excluding hydrogens is 332 g/mol. The third-order valence-corrected chi connectivity index (χ3v) is 3.85. The minimum absolute atomic E-state index is 0.212. The van der Waals surface area contributed by atoms with Crippen molar-refractivity contribution >= 4 is 11.9 Å². The highest BCUT2D eigenvalue weighted by Crippen LogP contribution is 2.16. The van der Waals surface area contributed by atoms with Gasteiger partial charge in [0.05, 0.1) is 12.8 Å². The van der Waals surface area contributed by atoms with Gasteiger partial charge in [-0.1, -0.05) is 24.3 Å². The first-order chi connectivity index (χ1) is 12.6. The molecule has 0 spiro atoms. The Kier molecular flexibility index (Phi) is 5.07. The molecule has 1 amide bonds. The molecule has 2 aromatic heterocycles. The Labute approximate surface area is 150 Å². The number of para-hydroxylation sites is 1. The Morgan fingerprint density at radius 2 is 1.92 bits per heavy atom. The number of amides is 1. The van der Waals surface area contributed by atoms with Gasteiger partial charge in [-0.15, -0.1) is 0 Å². The third-order valence-electron chi connectivity index (χ3n) is 3.85. The molecule has 132 valence electrons. The average Bonchev–Trinajstić information content (AvgIpc) is 3.08. The van der Waals surface area contributed by atoms with E-state index < -0.39 is 17.9 Å². The number of methoxy groups -OCH3 is 1. The third kappa shape index (κ3) is 3.61. The van der Waals surface area contributed by atoms with Crippen molar-refractivity contribution in [3.05, 3.63) is 77.9 Å². The number of esters is 1. The number of carbonyl (C=O) groups excluding carboxylic acids is 2. The van der Waals surface area contributed by atoms with Gasteiger partial charge in [-0.2, -0.15) is 5.10 Å². The summed E-state index contributed by atoms with van der Waals surface area (Å²) in [6, 6.07) is 13.6. The number of ether oxygens (including phenoxy) is 1. The number of nitrogens with zero attached hydrogens (tertiary/aromatic N) is 3. The van der Waals surface area contributed by atoms with E-state index in [4.69, 9.17) is 4.74 Å². The number of hydrogen-bond donors (Lipinski definition) is 1. The molecule has 1 unspecified atom stereocenters. The van der Waals surface area contributed by atoms with Crippen molar-refractivity contribution in [2.75, 3.05) is 7.11 Å². The fourth-order valence-electron chi connectivity index (χ4n) is 2.56. The molecule has 3 aromatic rings. The topological polar surface area (TPSA) is 86.1 Å². The summed E-state index contributed by atoms with van der Waals surface area (Å²) in [6.07, 6.45) is 3.10. The van der Waals surface area contributed by atoms with Gasteiger partial charge in [0.15, 0.2) is 11.7 Å². The zero-order valence-corrected chi connectivity index (χ0v) is 14.4. The Morgan fingerprint density at radius 1 is 1.15 bits per heavy atom. The number of pyridine rings is 1. The van der Waals surface area contributed by atoms with Crippen LogP contribution in [0, 0.1) is 6.92 Å². The molecule has 0 saturated heterocycles. The van der Waals surface area contributed by atoms with Gasteiger partial charge >= 0.3 is 5.97 Å². The van der Waals surface area contributed by atoms with E-state index in [1.165, 1.54) is 13.3 Å². The van der Waals surface area contributed by atoms with Gasteiger partial charge in [-0.25, -0.2) is 9.48 Å². The summed E-state index contributed by atoms with van der Waals surface area (Å²) in [5, 5.41) is 7.01. The quantitative estimate of drug-likeness (QED) is 0.713. The summed E-state index contributed by atoms with van der Waals surface area (Å²) in [7, 11) is 1.27. The SMILES string of the molecule is COC(=O)C(NC(=O)c1cc(C)n(-c2ccccc2)n1)c1cccnc1. The van der Waals surface area contributed by atoms with Crippen molar-refractivity contribution in [2.24, 2.45) is 0 Å². The van der Waals surface area contributed by atoms with Gasteiger partial charge in [-0.05, 0) is 31.2 Å². The van der Waals surface area contributed by atoms with Crippen molar-refractivity contribution < 1.29 is 14.3 Å². The smallest absolute Gasteiger partial charge is 0.333 e. The van der Waals surface area contributed by atoms with Gasteiger partial charge in [0, 0.05) is 23.7 Å². The molecular formula is C19H18N4O3. The zero-order valence-electron chi connectivity index (χ0n) is 14.4. The van der Waals surface area contributed by atoms with E-state index in [2.05, 4.69) is 15.4 Å². The molecule has 2 heterocycles. The van der Waals surface area contributed by atoms with Crippen LogP contribution in [0.1, 0.15) is 27.8 Å². The van der Waals surface area contributed by atoms with E-state index >= 15 is 0 Å². The fourth-order valence-corrected chi connectivity index (χ4v) is 2.56. The minimum atomic E-state index is -0.955. The molecule has 1 aromatic carbocycles. The molecule has 1 N–H and O–H groups in total. The maximum Gasteiger partial charge on any atom is 0.333 e. The maximum absolute atomic E-state index is 12.6. The average molecular weight is 350 g/mol. The van der Waals surface area contributed by atoms with Crippen LogP contribution in [0.15, 0.2) is 60.9 Å². The van der Waals surface area contributed by atoms with Crippen LogP contribution in [0.25, 0.3) is 5.69 Å². The van der Waals surface area contributed by atoms with Crippen LogP contribution in [-0.2, 0) is 9.53 Å². The number of aromatic nitrogens is 3. The summed E-state index contributed by atoms with van der Waals surface area (Å²) < 4.78 is 6.47. The molecule has 3 rings (SSSR count). The van der Waals surface area contributed by atoms with Crippen molar-refractivity contribution in [2.45, 2.75) is 13.0 Å². The van der Waals surface area contributed by atoms with Gasteiger partial charge < -0.3 is 10.1 Å². The molecule has 1 atom stereocenters. The van der Waals surface area contributed by atoms with Crippen molar-refractivity contribution in [3.8, 4) is 5.69 Å². The van der Waals surface area contributed by atoms with Crippen molar-refractivity contribution in [3.63, 3.8) is 0 Å². The lowest BCUT2D eigenvalue weighted by Crippen LogP contribution is -2.34. The van der Waals surface area contributed by atoms with Crippen molar-refractivity contribution in [1.29, 1.82) is 0 Å². The molecule has 0 aliphatic carbocycles. The number of benzene rings is 1. The van der Waals surface area contributed by atoms with E-state index in [1.54, 1.807) is 29.1 Å². The lowest BCUT2D eigenvalue weighted by Gasteiger charge is -2.15. The molecule has 7 nitrogen and oxygen atoms in total. The van der Waals surface area contributed by atoms with Crippen LogP contribution in [0.2, 0.25) is 0 Å². The Morgan fingerprint density at radius 3 is 2.58 bits per heavy atom. The van der Waals surface area contributed by atoms with E-state index in [0.29, 0.717) is 5.56 Å². The Bertz CT molecular complexity index is 907. The first kappa shape index (κ1) is 17.3. The molecule has 0 aliphatic heterocycles. The Hall–Kier alpha value is -3.48. The van der Waals surface area contributed by atoms with Crippen LogP contribution < -0.4 is 5.32 Å². The molecule has 26 heavy (non-hydrogen) atoms. The van der Waals surface area contributed by atoms with Gasteiger partial charge in [0.25, 0.3) is 5.91 Å². The lowest BCUT2D eigenvalue weighted by molar-refractivity contribution is -0.143. The first-order valence-corrected chi connectivity index (χ1v) is 8.01. The second kappa shape index (κ2) is 7.60. The number of carbonyl (C=O) groups is 2. The number of rotatable bonds is 5. The van der Waals surface area contributed by atoms with Crippen LogP contribution in [0.3, 0.4) is 0 Å². The summed E-state index contributed by atoms with van der Waals surface area (Å²) in [4.78, 5) is 28.7. The minimum Gasteiger partial charge on any atom is -0.467 e. The molecule has 7 heteroatoms. The highest BCUT2D eigenvalue weighted by Gasteiger charge is 2.25. The highest BCUT2D eigenvalue weighted by atomic mass is 16.5. The van der Waals surface area contributed by atoms with E-state index in [9.17, 15) is 9.59 Å². The highest BCUT2D eigenvalue weighted by molar-refractivity contribution is 5.95. The predicted molar refractivity (Wildman–Crippen MR) is 94.8 cm³/mol. The number of aryl methyl sites for hydroxylation is 1. The van der Waals surface area contributed by atoms with Crippen LogP contribution in [-0.4, -0.2) is 33.8 Å². The van der Waals surface area contributed by atoms with E-state index in [0.717, 1.165) is 11.4 Å². The van der Waals surface area contributed by atoms with Crippen LogP contribution in [0.5, 0.6) is 0 Å². The molecule has 0 radical (unpaired) electrons. The van der Waals surface area contributed by atoms with E-state index in [-0.39, 0.29) is 5.69 Å². The van der Waals surface area contributed by atoms with Crippen LogP contribution >= 0.6 is 0 Å². The largest absolute Gasteiger partial charge is 0.467 e. The number of hydrogen-bond acceptors (Lipinski definition) is 5. The van der Waals surface area contributed by atoms with Gasteiger partial charge in [0.2, 0.25) is 0 Å². The Balaban J connectivity index is 1.86.